The van der Waals surface area contributed by atoms with E-state index in [0.29, 0.717) is 19.3 Å². The number of hydrogen-bond donors (Lipinski definition) is 3. The summed E-state index contributed by atoms with van der Waals surface area (Å²) < 4.78 is 5.90. The minimum atomic E-state index is -0.813. The molecule has 0 aromatic carbocycles. The Kier molecular flexibility index (Phi) is 50.7. The van der Waals surface area contributed by atoms with E-state index in [-0.39, 0.29) is 31.3 Å². The molecule has 3 unspecified atom stereocenters. The fraction of sp³-hybridized carbons (Fsp3) is 0.672. The van der Waals surface area contributed by atoms with Gasteiger partial charge in [-0.1, -0.05) is 233 Å². The summed E-state index contributed by atoms with van der Waals surface area (Å²) in [6.45, 7) is 6.32. The first-order chi connectivity index (χ1) is 33.0. The van der Waals surface area contributed by atoms with Crippen molar-refractivity contribution < 1.29 is 24.5 Å². The quantitative estimate of drug-likeness (QED) is 0.0321. The molecule has 67 heavy (non-hydrogen) atoms. The van der Waals surface area contributed by atoms with Crippen LogP contribution in [0.25, 0.3) is 0 Å². The number of carbonyl (C=O) groups is 2. The average Bonchev–Trinajstić information content (AvgIpc) is 3.32. The maximum atomic E-state index is 13.2. The molecule has 3 atom stereocenters. The lowest BCUT2D eigenvalue weighted by Gasteiger charge is -2.24. The monoisotopic (exact) mass is 930 g/mol. The molecule has 0 spiro atoms. The number of nitrogens with one attached hydrogen (secondary N) is 1. The standard InChI is InChI=1S/C61H103NO5/c1-4-7-10-13-16-19-22-25-27-29-30-32-34-36-39-42-45-48-51-54-61(66)67-57(52-49-46-43-40-37-35-33-31-28-26-23-20-17-14-11-8-5-2)55-60(65)62-58(56-63)59(64)53-50-47-44-41-38-24-21-18-15-12-9-6-3/h7,10,16-17,19-20,25-28,30,32-33,35-36,39,45,48,57-59,63-64H,4-6,8-9,11-15,18,21-24,29,31,34,37-38,40-44,46-47,49-56H2,1-3H3,(H,62,65)/b10-7-,19-16-,20-17-,27-25-,28-26-,32-30-,35-33-,39-36-,48-45-. The first-order valence-electron chi connectivity index (χ1n) is 27.6. The molecule has 382 valence electrons. The summed E-state index contributed by atoms with van der Waals surface area (Å²) in [5.41, 5.74) is 0. The summed E-state index contributed by atoms with van der Waals surface area (Å²) in [4.78, 5) is 26.2. The smallest absolute Gasteiger partial charge is 0.306 e. The molecule has 0 bridgehead atoms. The predicted octanol–water partition coefficient (Wildman–Crippen LogP) is 17.1. The highest BCUT2D eigenvalue weighted by Crippen LogP contribution is 2.17. The molecule has 0 saturated carbocycles. The molecular weight excluding hydrogens is 827 g/mol. The first kappa shape index (κ1) is 63.5. The Hall–Kier alpha value is -3.48. The number of esters is 1. The van der Waals surface area contributed by atoms with Crippen molar-refractivity contribution in [2.24, 2.45) is 0 Å². The fourth-order valence-corrected chi connectivity index (χ4v) is 7.70. The van der Waals surface area contributed by atoms with Crippen molar-refractivity contribution in [3.63, 3.8) is 0 Å². The zero-order chi connectivity index (χ0) is 48.8. The lowest BCUT2D eigenvalue weighted by molar-refractivity contribution is -0.150. The summed E-state index contributed by atoms with van der Waals surface area (Å²) >= 11 is 0. The van der Waals surface area contributed by atoms with Crippen molar-refractivity contribution in [3.05, 3.63) is 109 Å². The average molecular weight is 930 g/mol. The van der Waals surface area contributed by atoms with Gasteiger partial charge in [0, 0.05) is 6.42 Å². The molecule has 0 fully saturated rings. The number of aliphatic hydroxyl groups is 2. The second kappa shape index (κ2) is 53.5. The van der Waals surface area contributed by atoms with E-state index < -0.39 is 18.2 Å². The van der Waals surface area contributed by atoms with Crippen LogP contribution in [-0.4, -0.2) is 46.9 Å². The van der Waals surface area contributed by atoms with Gasteiger partial charge in [0.2, 0.25) is 5.91 Å². The third kappa shape index (κ3) is 48.8. The number of allylic oxidation sites excluding steroid dienone is 18. The van der Waals surface area contributed by atoms with Crippen LogP contribution in [-0.2, 0) is 14.3 Å². The van der Waals surface area contributed by atoms with Gasteiger partial charge in [-0.2, -0.15) is 0 Å². The van der Waals surface area contributed by atoms with Crippen molar-refractivity contribution in [2.75, 3.05) is 6.61 Å². The zero-order valence-electron chi connectivity index (χ0n) is 43.5. The molecule has 3 N–H and O–H groups in total. The first-order valence-corrected chi connectivity index (χ1v) is 27.6. The molecule has 1 amide bonds. The molecule has 0 heterocycles. The molecule has 0 radical (unpaired) electrons. The molecule has 6 nitrogen and oxygen atoms in total. The van der Waals surface area contributed by atoms with Gasteiger partial charge in [-0.25, -0.2) is 0 Å². The highest BCUT2D eigenvalue weighted by atomic mass is 16.5. The SMILES string of the molecule is CC/C=C\C/C=C\C/C=C\C/C=C\C/C=C\C/C=C\CCC(=O)OC(CCCCCC/C=C\C/C=C\C/C=C\CCCCC)CC(=O)NC(CO)C(O)CCCCCCCCCCCCCC. The minimum absolute atomic E-state index is 0.0262. The summed E-state index contributed by atoms with van der Waals surface area (Å²) in [5, 5.41) is 23.8. The summed E-state index contributed by atoms with van der Waals surface area (Å²) in [5.74, 6) is -0.602. The van der Waals surface area contributed by atoms with Gasteiger partial charge in [-0.3, -0.25) is 9.59 Å². The van der Waals surface area contributed by atoms with E-state index in [9.17, 15) is 19.8 Å². The Labute approximate surface area is 413 Å². The summed E-state index contributed by atoms with van der Waals surface area (Å²) in [7, 11) is 0. The van der Waals surface area contributed by atoms with Gasteiger partial charge in [-0.05, 0) is 103 Å². The van der Waals surface area contributed by atoms with Crippen molar-refractivity contribution in [1.82, 2.24) is 5.32 Å². The van der Waals surface area contributed by atoms with Gasteiger partial charge in [0.15, 0.2) is 0 Å². The Morgan fingerprint density at radius 2 is 0.806 bits per heavy atom. The lowest BCUT2D eigenvalue weighted by Crippen LogP contribution is -2.46. The van der Waals surface area contributed by atoms with E-state index in [4.69, 9.17) is 4.74 Å². The number of aliphatic hydroxyl groups excluding tert-OH is 2. The molecule has 0 aliphatic rings. The number of ether oxygens (including phenoxy) is 1. The Balaban J connectivity index is 4.77. The highest BCUT2D eigenvalue weighted by molar-refractivity contribution is 5.77. The van der Waals surface area contributed by atoms with Crippen molar-refractivity contribution >= 4 is 11.9 Å². The second-order valence-corrected chi connectivity index (χ2v) is 18.2. The van der Waals surface area contributed by atoms with Crippen LogP contribution in [0.2, 0.25) is 0 Å². The van der Waals surface area contributed by atoms with Crippen LogP contribution in [0.4, 0.5) is 0 Å². The van der Waals surface area contributed by atoms with Gasteiger partial charge in [-0.15, -0.1) is 0 Å². The summed E-state index contributed by atoms with van der Waals surface area (Å²) in [6, 6.07) is -0.731. The van der Waals surface area contributed by atoms with Crippen LogP contribution < -0.4 is 5.32 Å². The third-order valence-corrected chi connectivity index (χ3v) is 11.8. The molecule has 0 rings (SSSR count). The van der Waals surface area contributed by atoms with Gasteiger partial charge in [0.1, 0.15) is 6.10 Å². The number of rotatable bonds is 48. The Bertz CT molecular complexity index is 1370. The zero-order valence-corrected chi connectivity index (χ0v) is 43.5. The van der Waals surface area contributed by atoms with Crippen molar-refractivity contribution in [1.29, 1.82) is 0 Å². The van der Waals surface area contributed by atoms with Crippen molar-refractivity contribution in [2.45, 2.75) is 257 Å². The number of unbranched alkanes of at least 4 members (excludes halogenated alkanes) is 18. The minimum Gasteiger partial charge on any atom is -0.462 e. The van der Waals surface area contributed by atoms with Crippen LogP contribution in [0.1, 0.15) is 239 Å². The van der Waals surface area contributed by atoms with E-state index in [1.807, 2.05) is 6.08 Å². The molecule has 0 aromatic rings. The predicted molar refractivity (Wildman–Crippen MR) is 291 cm³/mol. The van der Waals surface area contributed by atoms with Crippen LogP contribution in [0.5, 0.6) is 0 Å². The van der Waals surface area contributed by atoms with E-state index in [0.717, 1.165) is 103 Å². The Morgan fingerprint density at radius 3 is 1.25 bits per heavy atom. The topological polar surface area (TPSA) is 95.9 Å². The largest absolute Gasteiger partial charge is 0.462 e. The molecular formula is C61H103NO5. The highest BCUT2D eigenvalue weighted by Gasteiger charge is 2.24. The van der Waals surface area contributed by atoms with E-state index in [1.165, 1.54) is 83.5 Å². The molecule has 0 aromatic heterocycles. The van der Waals surface area contributed by atoms with Gasteiger partial charge in [0.05, 0.1) is 25.2 Å². The van der Waals surface area contributed by atoms with E-state index in [1.54, 1.807) is 0 Å². The van der Waals surface area contributed by atoms with Gasteiger partial charge in [0.25, 0.3) is 0 Å². The Morgan fingerprint density at radius 1 is 0.448 bits per heavy atom. The fourth-order valence-electron chi connectivity index (χ4n) is 7.70. The molecule has 0 saturated heterocycles. The van der Waals surface area contributed by atoms with E-state index in [2.05, 4.69) is 129 Å². The molecule has 0 aliphatic heterocycles. The maximum absolute atomic E-state index is 13.2. The maximum Gasteiger partial charge on any atom is 0.306 e. The van der Waals surface area contributed by atoms with Gasteiger partial charge < -0.3 is 20.3 Å². The second-order valence-electron chi connectivity index (χ2n) is 18.2. The van der Waals surface area contributed by atoms with Crippen molar-refractivity contribution in [3.8, 4) is 0 Å². The normalized spacial score (nSPS) is 14.0. The third-order valence-electron chi connectivity index (χ3n) is 11.8. The number of carbonyl (C=O) groups excluding carboxylic acids is 2. The van der Waals surface area contributed by atoms with Crippen LogP contribution in [0.15, 0.2) is 109 Å². The number of hydrogen-bond acceptors (Lipinski definition) is 5. The molecule has 0 aliphatic carbocycles. The van der Waals surface area contributed by atoms with E-state index >= 15 is 0 Å². The number of amides is 1. The van der Waals surface area contributed by atoms with Gasteiger partial charge >= 0.3 is 5.97 Å². The molecule has 6 heteroatoms. The lowest BCUT2D eigenvalue weighted by atomic mass is 10.0. The van der Waals surface area contributed by atoms with Crippen LogP contribution >= 0.6 is 0 Å². The summed E-state index contributed by atoms with van der Waals surface area (Å²) in [6.07, 6.45) is 73.0. The van der Waals surface area contributed by atoms with Crippen LogP contribution in [0, 0.1) is 0 Å². The van der Waals surface area contributed by atoms with Crippen LogP contribution in [0.3, 0.4) is 0 Å².